The highest BCUT2D eigenvalue weighted by Gasteiger charge is 2.23. The number of piperazine rings is 1. The molecular formula is C21H28N3O2+. The summed E-state index contributed by atoms with van der Waals surface area (Å²) in [6.45, 7) is 5.93. The number of nitrogens with two attached hydrogens (primary N) is 1. The van der Waals surface area contributed by atoms with Gasteiger partial charge in [-0.2, -0.15) is 0 Å². The van der Waals surface area contributed by atoms with E-state index >= 15 is 0 Å². The van der Waals surface area contributed by atoms with Crippen LogP contribution in [-0.2, 0) is 4.79 Å². The number of hydrogen-bond donors (Lipinski definition) is 1. The van der Waals surface area contributed by atoms with Gasteiger partial charge in [-0.1, -0.05) is 30.3 Å². The van der Waals surface area contributed by atoms with Crippen LogP contribution in [0.4, 0.5) is 5.69 Å². The monoisotopic (exact) mass is 354 g/mol. The molecule has 1 aliphatic heterocycles. The number of anilines is 1. The molecule has 3 rings (SSSR count). The van der Waals surface area contributed by atoms with Crippen molar-refractivity contribution in [2.24, 2.45) is 0 Å². The summed E-state index contributed by atoms with van der Waals surface area (Å²) in [6.07, 6.45) is 0. The van der Waals surface area contributed by atoms with Crippen molar-refractivity contribution in [1.29, 1.82) is 0 Å². The van der Waals surface area contributed by atoms with Crippen molar-refractivity contribution in [2.75, 3.05) is 44.7 Å². The average Bonchev–Trinajstić information content (AvgIpc) is 2.72. The Hall–Kier alpha value is -2.53. The Labute approximate surface area is 155 Å². The van der Waals surface area contributed by atoms with Gasteiger partial charge in [0.15, 0.2) is 6.54 Å². The lowest BCUT2D eigenvalue weighted by Gasteiger charge is -2.36. The number of hydrogen-bond acceptors (Lipinski definition) is 3. The highest BCUT2D eigenvalue weighted by atomic mass is 16.5. The van der Waals surface area contributed by atoms with Crippen LogP contribution in [0.1, 0.15) is 18.5 Å². The molecule has 1 aliphatic rings. The standard InChI is InChI=1S/C21H27N3O2/c1-17(18-6-4-3-5-7-18)22-16-21(25)24-14-12-23(13-15-24)19-8-10-20(26-2)11-9-19/h3-11,17,22H,12-16H2,1-2H3/p+1/t17-/m1/s1. The molecule has 5 nitrogen and oxygen atoms in total. The van der Waals surface area contributed by atoms with E-state index in [1.54, 1.807) is 7.11 Å². The van der Waals surface area contributed by atoms with Gasteiger partial charge in [0.25, 0.3) is 5.91 Å². The van der Waals surface area contributed by atoms with E-state index in [0.29, 0.717) is 12.6 Å². The summed E-state index contributed by atoms with van der Waals surface area (Å²) in [4.78, 5) is 16.8. The number of carbonyl (C=O) groups excluding carboxylic acids is 1. The largest absolute Gasteiger partial charge is 0.497 e. The smallest absolute Gasteiger partial charge is 0.277 e. The Kier molecular flexibility index (Phi) is 6.12. The maximum Gasteiger partial charge on any atom is 0.277 e. The molecule has 0 saturated carbocycles. The van der Waals surface area contributed by atoms with Gasteiger partial charge in [0.2, 0.25) is 0 Å². The van der Waals surface area contributed by atoms with Crippen LogP contribution in [0.25, 0.3) is 0 Å². The van der Waals surface area contributed by atoms with E-state index in [1.165, 1.54) is 11.3 Å². The number of amides is 1. The van der Waals surface area contributed by atoms with Gasteiger partial charge in [-0.25, -0.2) is 0 Å². The zero-order chi connectivity index (χ0) is 18.4. The summed E-state index contributed by atoms with van der Waals surface area (Å²) in [6, 6.07) is 18.7. The Balaban J connectivity index is 1.45. The predicted molar refractivity (Wildman–Crippen MR) is 103 cm³/mol. The topological polar surface area (TPSA) is 49.4 Å². The van der Waals surface area contributed by atoms with Crippen molar-refractivity contribution < 1.29 is 14.8 Å². The van der Waals surface area contributed by atoms with Gasteiger partial charge < -0.3 is 19.9 Å². The summed E-state index contributed by atoms with van der Waals surface area (Å²) in [5.74, 6) is 1.09. The molecule has 26 heavy (non-hydrogen) atoms. The summed E-state index contributed by atoms with van der Waals surface area (Å²) >= 11 is 0. The second kappa shape index (κ2) is 8.72. The quantitative estimate of drug-likeness (QED) is 0.858. The second-order valence-corrected chi connectivity index (χ2v) is 6.71. The second-order valence-electron chi connectivity index (χ2n) is 6.71. The number of ether oxygens (including phenoxy) is 1. The summed E-state index contributed by atoms with van der Waals surface area (Å²) in [5, 5.41) is 2.12. The fourth-order valence-corrected chi connectivity index (χ4v) is 3.31. The van der Waals surface area contributed by atoms with E-state index < -0.39 is 0 Å². The number of benzene rings is 2. The third-order valence-corrected chi connectivity index (χ3v) is 5.04. The van der Waals surface area contributed by atoms with Crippen LogP contribution in [0.3, 0.4) is 0 Å². The first kappa shape index (κ1) is 18.3. The normalized spacial score (nSPS) is 15.6. The van der Waals surface area contributed by atoms with E-state index in [1.807, 2.05) is 35.2 Å². The Bertz CT molecular complexity index is 695. The van der Waals surface area contributed by atoms with E-state index in [9.17, 15) is 4.79 Å². The van der Waals surface area contributed by atoms with Gasteiger partial charge in [0.1, 0.15) is 11.8 Å². The van der Waals surface area contributed by atoms with E-state index in [2.05, 4.69) is 41.4 Å². The maximum atomic E-state index is 12.5. The molecule has 2 aromatic carbocycles. The summed E-state index contributed by atoms with van der Waals surface area (Å²) in [7, 11) is 1.68. The number of rotatable bonds is 6. The molecular weight excluding hydrogens is 326 g/mol. The molecule has 1 fully saturated rings. The van der Waals surface area contributed by atoms with E-state index in [4.69, 9.17) is 4.74 Å². The number of quaternary nitrogens is 1. The van der Waals surface area contributed by atoms with Crippen molar-refractivity contribution in [3.8, 4) is 5.75 Å². The first-order chi connectivity index (χ1) is 12.7. The fraction of sp³-hybridized carbons (Fsp3) is 0.381. The Morgan fingerprint density at radius 1 is 1.04 bits per heavy atom. The maximum absolute atomic E-state index is 12.5. The lowest BCUT2D eigenvalue weighted by Crippen LogP contribution is -2.87. The Morgan fingerprint density at radius 2 is 1.69 bits per heavy atom. The summed E-state index contributed by atoms with van der Waals surface area (Å²) in [5.41, 5.74) is 2.44. The SMILES string of the molecule is COc1ccc(N2CCN(C(=O)C[NH2+][C@H](C)c3ccccc3)CC2)cc1. The summed E-state index contributed by atoms with van der Waals surface area (Å²) < 4.78 is 5.21. The molecule has 0 spiro atoms. The van der Waals surface area contributed by atoms with Crippen LogP contribution in [0, 0.1) is 0 Å². The minimum Gasteiger partial charge on any atom is -0.497 e. The highest BCUT2D eigenvalue weighted by molar-refractivity contribution is 5.77. The van der Waals surface area contributed by atoms with Crippen molar-refractivity contribution in [3.05, 3.63) is 60.2 Å². The molecule has 1 heterocycles. The molecule has 1 saturated heterocycles. The lowest BCUT2D eigenvalue weighted by atomic mass is 10.1. The van der Waals surface area contributed by atoms with Crippen LogP contribution >= 0.6 is 0 Å². The number of carbonyl (C=O) groups is 1. The van der Waals surface area contributed by atoms with Gasteiger partial charge >= 0.3 is 0 Å². The van der Waals surface area contributed by atoms with Crippen LogP contribution in [0.15, 0.2) is 54.6 Å². The number of methoxy groups -OCH3 is 1. The van der Waals surface area contributed by atoms with Gasteiger partial charge in [0, 0.05) is 37.4 Å². The average molecular weight is 354 g/mol. The molecule has 5 heteroatoms. The van der Waals surface area contributed by atoms with Crippen LogP contribution in [0.5, 0.6) is 5.75 Å². The molecule has 1 amide bonds. The Morgan fingerprint density at radius 3 is 2.31 bits per heavy atom. The third-order valence-electron chi connectivity index (χ3n) is 5.04. The van der Waals surface area contributed by atoms with Crippen molar-refractivity contribution in [3.63, 3.8) is 0 Å². The van der Waals surface area contributed by atoms with Gasteiger partial charge in [-0.05, 0) is 31.2 Å². The van der Waals surface area contributed by atoms with Crippen molar-refractivity contribution >= 4 is 11.6 Å². The minimum absolute atomic E-state index is 0.224. The molecule has 138 valence electrons. The van der Waals surface area contributed by atoms with E-state index in [-0.39, 0.29) is 5.91 Å². The molecule has 0 aliphatic carbocycles. The zero-order valence-electron chi connectivity index (χ0n) is 15.6. The van der Waals surface area contributed by atoms with Crippen molar-refractivity contribution in [2.45, 2.75) is 13.0 Å². The number of nitrogens with zero attached hydrogens (tertiary/aromatic N) is 2. The molecule has 2 N–H and O–H groups in total. The lowest BCUT2D eigenvalue weighted by molar-refractivity contribution is -0.683. The first-order valence-electron chi connectivity index (χ1n) is 9.22. The van der Waals surface area contributed by atoms with E-state index in [0.717, 1.165) is 31.9 Å². The van der Waals surface area contributed by atoms with Crippen LogP contribution in [-0.4, -0.2) is 50.6 Å². The fourth-order valence-electron chi connectivity index (χ4n) is 3.31. The predicted octanol–water partition coefficient (Wildman–Crippen LogP) is 1.67. The van der Waals surface area contributed by atoms with Gasteiger partial charge in [-0.3, -0.25) is 4.79 Å². The molecule has 2 aromatic rings. The first-order valence-corrected chi connectivity index (χ1v) is 9.22. The minimum atomic E-state index is 0.224. The van der Waals surface area contributed by atoms with Crippen LogP contribution < -0.4 is 15.0 Å². The molecule has 0 radical (unpaired) electrons. The molecule has 1 atom stereocenters. The highest BCUT2D eigenvalue weighted by Crippen LogP contribution is 2.20. The van der Waals surface area contributed by atoms with Crippen LogP contribution in [0.2, 0.25) is 0 Å². The van der Waals surface area contributed by atoms with Gasteiger partial charge in [0.05, 0.1) is 7.11 Å². The molecule has 0 bridgehead atoms. The van der Waals surface area contributed by atoms with Crippen molar-refractivity contribution in [1.82, 2.24) is 4.90 Å². The molecule has 0 aromatic heterocycles. The third kappa shape index (κ3) is 4.55. The zero-order valence-corrected chi connectivity index (χ0v) is 15.6. The van der Waals surface area contributed by atoms with Gasteiger partial charge in [-0.15, -0.1) is 0 Å². The molecule has 0 unspecified atom stereocenters.